The van der Waals surface area contributed by atoms with Gasteiger partial charge < -0.3 is 5.73 Å². The van der Waals surface area contributed by atoms with Crippen molar-refractivity contribution in [1.29, 1.82) is 0 Å². The van der Waals surface area contributed by atoms with Crippen molar-refractivity contribution in [2.24, 2.45) is 0 Å². The molecule has 0 radical (unpaired) electrons. The van der Waals surface area contributed by atoms with E-state index in [-0.39, 0.29) is 0 Å². The van der Waals surface area contributed by atoms with Crippen LogP contribution in [0.25, 0.3) is 11.3 Å². The highest BCUT2D eigenvalue weighted by Crippen LogP contribution is 2.25. The second kappa shape index (κ2) is 5.53. The van der Waals surface area contributed by atoms with Crippen LogP contribution in [0.4, 0.5) is 5.69 Å². The number of hydrogen-bond donors (Lipinski definition) is 1. The van der Waals surface area contributed by atoms with Gasteiger partial charge in [0.2, 0.25) is 0 Å². The molecule has 0 aliphatic carbocycles. The first-order valence-corrected chi connectivity index (χ1v) is 6.53. The number of nitrogen functional groups attached to an aromatic ring is 1. The fourth-order valence-corrected chi connectivity index (χ4v) is 2.19. The minimum atomic E-state index is 0.655. The molecule has 1 heterocycles. The Morgan fingerprint density at radius 3 is 2.15 bits per heavy atom. The van der Waals surface area contributed by atoms with Crippen molar-refractivity contribution < 1.29 is 0 Å². The summed E-state index contributed by atoms with van der Waals surface area (Å²) in [6, 6.07) is 20.1. The van der Waals surface area contributed by atoms with E-state index in [0.29, 0.717) is 5.69 Å². The summed E-state index contributed by atoms with van der Waals surface area (Å²) in [5.74, 6) is 0. The van der Waals surface area contributed by atoms with Gasteiger partial charge in [0, 0.05) is 12.0 Å². The Balaban J connectivity index is 1.98. The molecule has 3 aromatic rings. The van der Waals surface area contributed by atoms with Gasteiger partial charge in [-0.1, -0.05) is 60.7 Å². The molecule has 0 amide bonds. The second-order valence-corrected chi connectivity index (χ2v) is 4.61. The van der Waals surface area contributed by atoms with Gasteiger partial charge in [-0.15, -0.1) is 0 Å². The van der Waals surface area contributed by atoms with Crippen LogP contribution in [0.3, 0.4) is 0 Å². The molecule has 2 aromatic carbocycles. The molecule has 3 heteroatoms. The lowest BCUT2D eigenvalue weighted by Gasteiger charge is -2.09. The van der Waals surface area contributed by atoms with Gasteiger partial charge in [-0.2, -0.15) is 0 Å². The molecule has 0 saturated heterocycles. The number of nitrogens with two attached hydrogens (primary N) is 1. The lowest BCUT2D eigenvalue weighted by Crippen LogP contribution is -2.03. The van der Waals surface area contributed by atoms with Crippen LogP contribution < -0.4 is 5.73 Å². The minimum Gasteiger partial charge on any atom is -0.395 e. The zero-order valence-corrected chi connectivity index (χ0v) is 11.0. The van der Waals surface area contributed by atoms with Crippen molar-refractivity contribution in [1.82, 2.24) is 9.97 Å². The summed E-state index contributed by atoms with van der Waals surface area (Å²) in [4.78, 5) is 8.64. The van der Waals surface area contributed by atoms with Crippen molar-refractivity contribution in [2.75, 3.05) is 5.73 Å². The Morgan fingerprint density at radius 1 is 0.800 bits per heavy atom. The van der Waals surface area contributed by atoms with Crippen molar-refractivity contribution in [3.8, 4) is 11.3 Å². The summed E-state index contributed by atoms with van der Waals surface area (Å²) < 4.78 is 0. The molecule has 3 rings (SSSR count). The summed E-state index contributed by atoms with van der Waals surface area (Å²) in [6.45, 7) is 0. The molecule has 0 aliphatic heterocycles. The second-order valence-electron chi connectivity index (χ2n) is 4.61. The Labute approximate surface area is 118 Å². The Kier molecular flexibility index (Phi) is 3.42. The summed E-state index contributed by atoms with van der Waals surface area (Å²) in [5.41, 5.74) is 10.8. The molecule has 2 N–H and O–H groups in total. The Bertz CT molecular complexity index is 694. The van der Waals surface area contributed by atoms with Gasteiger partial charge >= 0.3 is 0 Å². The summed E-state index contributed by atoms with van der Waals surface area (Å²) in [7, 11) is 0. The molecular weight excluding hydrogens is 246 g/mol. The largest absolute Gasteiger partial charge is 0.395 e. The van der Waals surface area contributed by atoms with E-state index < -0.39 is 0 Å². The molecule has 20 heavy (non-hydrogen) atoms. The zero-order valence-electron chi connectivity index (χ0n) is 11.0. The molecule has 1 aromatic heterocycles. The van der Waals surface area contributed by atoms with Gasteiger partial charge in [-0.05, 0) is 5.56 Å². The standard InChI is InChI=1S/C17H15N3/c18-16-15(11-13-7-3-1-4-8-13)19-12-20-17(16)14-9-5-2-6-10-14/h1-10,12H,11,18H2. The SMILES string of the molecule is Nc1c(Cc2ccccc2)ncnc1-c1ccccc1. The van der Waals surface area contributed by atoms with E-state index in [1.54, 1.807) is 6.33 Å². The first-order chi connectivity index (χ1) is 9.84. The number of benzene rings is 2. The van der Waals surface area contributed by atoms with Crippen LogP contribution in [-0.4, -0.2) is 9.97 Å². The Hall–Kier alpha value is -2.68. The lowest BCUT2D eigenvalue weighted by atomic mass is 10.0. The van der Waals surface area contributed by atoms with Crippen molar-refractivity contribution >= 4 is 5.69 Å². The predicted molar refractivity (Wildman–Crippen MR) is 81.1 cm³/mol. The molecule has 98 valence electrons. The number of rotatable bonds is 3. The molecule has 0 fully saturated rings. The fourth-order valence-electron chi connectivity index (χ4n) is 2.19. The smallest absolute Gasteiger partial charge is 0.116 e. The fraction of sp³-hybridized carbons (Fsp3) is 0.0588. The molecule has 0 unspecified atom stereocenters. The third-order valence-corrected chi connectivity index (χ3v) is 3.23. The number of anilines is 1. The van der Waals surface area contributed by atoms with E-state index in [1.165, 1.54) is 5.56 Å². The molecule has 0 bridgehead atoms. The van der Waals surface area contributed by atoms with E-state index in [0.717, 1.165) is 23.4 Å². The molecule has 3 nitrogen and oxygen atoms in total. The van der Waals surface area contributed by atoms with Gasteiger partial charge in [0.1, 0.15) is 6.33 Å². The van der Waals surface area contributed by atoms with E-state index >= 15 is 0 Å². The van der Waals surface area contributed by atoms with Crippen molar-refractivity contribution in [2.45, 2.75) is 6.42 Å². The summed E-state index contributed by atoms with van der Waals surface area (Å²) >= 11 is 0. The van der Waals surface area contributed by atoms with Crippen LogP contribution in [-0.2, 0) is 6.42 Å². The van der Waals surface area contributed by atoms with Crippen LogP contribution in [0, 0.1) is 0 Å². The molecule has 0 atom stereocenters. The van der Waals surface area contributed by atoms with Crippen LogP contribution in [0.5, 0.6) is 0 Å². The quantitative estimate of drug-likeness (QED) is 0.787. The van der Waals surface area contributed by atoms with E-state index in [1.807, 2.05) is 48.5 Å². The van der Waals surface area contributed by atoms with Crippen LogP contribution in [0.2, 0.25) is 0 Å². The maximum atomic E-state index is 6.24. The minimum absolute atomic E-state index is 0.655. The highest BCUT2D eigenvalue weighted by Gasteiger charge is 2.10. The molecule has 0 spiro atoms. The molecule has 0 aliphatic rings. The van der Waals surface area contributed by atoms with Crippen molar-refractivity contribution in [3.63, 3.8) is 0 Å². The maximum absolute atomic E-state index is 6.24. The molecular formula is C17H15N3. The monoisotopic (exact) mass is 261 g/mol. The van der Waals surface area contributed by atoms with E-state index in [9.17, 15) is 0 Å². The number of aromatic nitrogens is 2. The highest BCUT2D eigenvalue weighted by atomic mass is 14.9. The average molecular weight is 261 g/mol. The van der Waals surface area contributed by atoms with Crippen LogP contribution in [0.1, 0.15) is 11.3 Å². The van der Waals surface area contributed by atoms with Gasteiger partial charge in [0.15, 0.2) is 0 Å². The third kappa shape index (κ3) is 2.52. The van der Waals surface area contributed by atoms with Gasteiger partial charge in [0.25, 0.3) is 0 Å². The molecule has 0 saturated carbocycles. The van der Waals surface area contributed by atoms with E-state index in [2.05, 4.69) is 22.1 Å². The number of hydrogen-bond acceptors (Lipinski definition) is 3. The third-order valence-electron chi connectivity index (χ3n) is 3.23. The topological polar surface area (TPSA) is 51.8 Å². The predicted octanol–water partition coefficient (Wildman–Crippen LogP) is 3.32. The summed E-state index contributed by atoms with van der Waals surface area (Å²) in [6.07, 6.45) is 2.30. The van der Waals surface area contributed by atoms with Crippen molar-refractivity contribution in [3.05, 3.63) is 78.2 Å². The normalized spacial score (nSPS) is 10.4. The van der Waals surface area contributed by atoms with Crippen LogP contribution in [0.15, 0.2) is 67.0 Å². The Morgan fingerprint density at radius 2 is 1.45 bits per heavy atom. The van der Waals surface area contributed by atoms with Gasteiger partial charge in [0.05, 0.1) is 17.1 Å². The first kappa shape index (κ1) is 12.4. The number of nitrogens with zero attached hydrogens (tertiary/aromatic N) is 2. The summed E-state index contributed by atoms with van der Waals surface area (Å²) in [5, 5.41) is 0. The maximum Gasteiger partial charge on any atom is 0.116 e. The van der Waals surface area contributed by atoms with E-state index in [4.69, 9.17) is 5.73 Å². The zero-order chi connectivity index (χ0) is 13.8. The lowest BCUT2D eigenvalue weighted by molar-refractivity contribution is 1.04. The first-order valence-electron chi connectivity index (χ1n) is 6.53. The van der Waals surface area contributed by atoms with Crippen LogP contribution >= 0.6 is 0 Å². The van der Waals surface area contributed by atoms with Gasteiger partial charge in [-0.3, -0.25) is 0 Å². The highest BCUT2D eigenvalue weighted by molar-refractivity contribution is 5.73. The van der Waals surface area contributed by atoms with Gasteiger partial charge in [-0.25, -0.2) is 9.97 Å². The average Bonchev–Trinajstić information content (AvgIpc) is 2.51.